The fraction of sp³-hybridized carbons (Fsp3) is 0.636. The van der Waals surface area contributed by atoms with Crippen LogP contribution in [-0.4, -0.2) is 31.1 Å². The molecule has 0 aromatic carbocycles. The second-order valence-corrected chi connectivity index (χ2v) is 6.38. The number of primary amides is 1. The predicted molar refractivity (Wildman–Crippen MR) is 64.0 cm³/mol. The number of hydrogen-bond acceptors (Lipinski definition) is 4. The smallest absolute Gasteiger partial charge is 0.217 e. The van der Waals surface area contributed by atoms with Gasteiger partial charge in [0.05, 0.1) is 11.0 Å². The average Bonchev–Trinajstić information content (AvgIpc) is 2.51. The summed E-state index contributed by atoms with van der Waals surface area (Å²) in [6.45, 7) is 1.86. The van der Waals surface area contributed by atoms with Gasteiger partial charge in [-0.2, -0.15) is 0 Å². The lowest BCUT2D eigenvalue weighted by Gasteiger charge is -2.12. The molecule has 5 nitrogen and oxygen atoms in total. The number of carbonyl (C=O) groups excluding carboxylic acids is 2. The lowest BCUT2D eigenvalue weighted by Crippen LogP contribution is -2.25. The molecule has 6 heteroatoms. The van der Waals surface area contributed by atoms with E-state index >= 15 is 0 Å². The van der Waals surface area contributed by atoms with E-state index in [0.29, 0.717) is 18.4 Å². The largest absolute Gasteiger partial charge is 0.370 e. The van der Waals surface area contributed by atoms with E-state index < -0.39 is 21.0 Å². The van der Waals surface area contributed by atoms with Gasteiger partial charge < -0.3 is 5.73 Å². The van der Waals surface area contributed by atoms with Crippen molar-refractivity contribution < 1.29 is 18.0 Å². The minimum absolute atomic E-state index is 0.0133. The molecule has 1 rings (SSSR count). The van der Waals surface area contributed by atoms with Gasteiger partial charge in [0, 0.05) is 18.4 Å². The van der Waals surface area contributed by atoms with E-state index in [0.717, 1.165) is 0 Å². The highest BCUT2D eigenvalue weighted by Crippen LogP contribution is 2.27. The minimum atomic E-state index is -3.32. The van der Waals surface area contributed by atoms with Gasteiger partial charge in [-0.1, -0.05) is 13.0 Å². The van der Waals surface area contributed by atoms with Gasteiger partial charge in [0.2, 0.25) is 5.91 Å². The highest BCUT2D eigenvalue weighted by atomic mass is 32.2. The maximum atomic E-state index is 11.7. The molecule has 0 fully saturated rings. The van der Waals surface area contributed by atoms with E-state index in [2.05, 4.69) is 0 Å². The summed E-state index contributed by atoms with van der Waals surface area (Å²) in [5.74, 6) is -0.793. The SMILES string of the molecule is CCCC(=O)C1=CCS(=O)(=O)C1CCC(N)=O. The van der Waals surface area contributed by atoms with Crippen LogP contribution in [0.2, 0.25) is 0 Å². The number of sulfone groups is 1. The van der Waals surface area contributed by atoms with Crippen molar-refractivity contribution in [3.8, 4) is 0 Å². The third kappa shape index (κ3) is 3.39. The third-order valence-corrected chi connectivity index (χ3v) is 4.76. The monoisotopic (exact) mass is 259 g/mol. The Bertz CT molecular complexity index is 450. The zero-order valence-electron chi connectivity index (χ0n) is 9.81. The minimum Gasteiger partial charge on any atom is -0.370 e. The van der Waals surface area contributed by atoms with Gasteiger partial charge in [0.25, 0.3) is 0 Å². The molecule has 1 aliphatic rings. The van der Waals surface area contributed by atoms with Gasteiger partial charge in [-0.3, -0.25) is 9.59 Å². The normalized spacial score (nSPS) is 22.2. The Kier molecular flexibility index (Phi) is 4.45. The van der Waals surface area contributed by atoms with Crippen LogP contribution in [0.3, 0.4) is 0 Å². The average molecular weight is 259 g/mol. The topological polar surface area (TPSA) is 94.3 Å². The molecule has 1 amide bonds. The number of carbonyl (C=O) groups is 2. The zero-order valence-corrected chi connectivity index (χ0v) is 10.6. The van der Waals surface area contributed by atoms with Gasteiger partial charge in [-0.25, -0.2) is 8.42 Å². The van der Waals surface area contributed by atoms with E-state index in [4.69, 9.17) is 5.73 Å². The number of hydrogen-bond donors (Lipinski definition) is 1. The van der Waals surface area contributed by atoms with Crippen molar-refractivity contribution in [3.63, 3.8) is 0 Å². The molecule has 96 valence electrons. The molecular weight excluding hydrogens is 242 g/mol. The number of amides is 1. The first kappa shape index (κ1) is 13.9. The van der Waals surface area contributed by atoms with Crippen molar-refractivity contribution in [3.05, 3.63) is 11.6 Å². The van der Waals surface area contributed by atoms with Crippen LogP contribution in [0.25, 0.3) is 0 Å². The molecule has 0 saturated carbocycles. The zero-order chi connectivity index (χ0) is 13.1. The second kappa shape index (κ2) is 5.44. The fourth-order valence-electron chi connectivity index (χ4n) is 1.92. The Morgan fingerprint density at radius 3 is 2.59 bits per heavy atom. The van der Waals surface area contributed by atoms with Gasteiger partial charge in [0.1, 0.15) is 0 Å². The number of Topliss-reactive ketones (excluding diaryl/α,β-unsaturated/α-hetero) is 1. The van der Waals surface area contributed by atoms with Gasteiger partial charge >= 0.3 is 0 Å². The van der Waals surface area contributed by atoms with Crippen LogP contribution in [0.1, 0.15) is 32.6 Å². The summed E-state index contributed by atoms with van der Waals surface area (Å²) in [6.07, 6.45) is 2.59. The van der Waals surface area contributed by atoms with E-state index in [1.54, 1.807) is 0 Å². The quantitative estimate of drug-likeness (QED) is 0.744. The van der Waals surface area contributed by atoms with Crippen LogP contribution in [0.15, 0.2) is 11.6 Å². The molecule has 0 spiro atoms. The van der Waals surface area contributed by atoms with E-state index in [9.17, 15) is 18.0 Å². The summed E-state index contributed by atoms with van der Waals surface area (Å²) in [6, 6.07) is 0. The third-order valence-electron chi connectivity index (χ3n) is 2.77. The number of nitrogens with two attached hydrogens (primary N) is 1. The summed E-state index contributed by atoms with van der Waals surface area (Å²) >= 11 is 0. The summed E-state index contributed by atoms with van der Waals surface area (Å²) in [5.41, 5.74) is 5.34. The number of ketones is 1. The first-order valence-electron chi connectivity index (χ1n) is 5.61. The first-order chi connectivity index (χ1) is 7.88. The Labute approximate surface area is 101 Å². The molecule has 0 aliphatic carbocycles. The molecule has 1 heterocycles. The summed E-state index contributed by atoms with van der Waals surface area (Å²) in [5, 5.41) is -0.839. The molecular formula is C11H17NO4S. The highest BCUT2D eigenvalue weighted by Gasteiger charge is 2.36. The first-order valence-corrected chi connectivity index (χ1v) is 7.33. The van der Waals surface area contributed by atoms with Crippen LogP contribution in [-0.2, 0) is 19.4 Å². The molecule has 0 saturated heterocycles. The second-order valence-electron chi connectivity index (χ2n) is 4.16. The summed E-state index contributed by atoms with van der Waals surface area (Å²) < 4.78 is 23.5. The maximum absolute atomic E-state index is 11.7. The van der Waals surface area contributed by atoms with Crippen molar-refractivity contribution in [1.29, 1.82) is 0 Å². The number of rotatable bonds is 6. The van der Waals surface area contributed by atoms with Gasteiger partial charge in [-0.15, -0.1) is 0 Å². The van der Waals surface area contributed by atoms with E-state index in [1.807, 2.05) is 6.92 Å². The lowest BCUT2D eigenvalue weighted by atomic mass is 10.0. The highest BCUT2D eigenvalue weighted by molar-refractivity contribution is 7.92. The van der Waals surface area contributed by atoms with Crippen molar-refractivity contribution in [1.82, 2.24) is 0 Å². The molecule has 1 atom stereocenters. The standard InChI is InChI=1S/C11H17NO4S/c1-2-3-9(13)8-6-7-17(15,16)10(8)4-5-11(12)14/h6,10H,2-5,7H2,1H3,(H2,12,14). The van der Waals surface area contributed by atoms with Crippen molar-refractivity contribution in [2.24, 2.45) is 5.73 Å². The lowest BCUT2D eigenvalue weighted by molar-refractivity contribution is -0.118. The molecule has 2 N–H and O–H groups in total. The molecule has 0 aromatic heterocycles. The molecule has 1 unspecified atom stereocenters. The van der Waals surface area contributed by atoms with E-state index in [-0.39, 0.29) is 24.4 Å². The Morgan fingerprint density at radius 1 is 1.41 bits per heavy atom. The molecule has 17 heavy (non-hydrogen) atoms. The van der Waals surface area contributed by atoms with Crippen LogP contribution >= 0.6 is 0 Å². The van der Waals surface area contributed by atoms with Crippen molar-refractivity contribution in [2.75, 3.05) is 5.75 Å². The summed E-state index contributed by atoms with van der Waals surface area (Å²) in [7, 11) is -3.32. The summed E-state index contributed by atoms with van der Waals surface area (Å²) in [4.78, 5) is 22.4. The van der Waals surface area contributed by atoms with Crippen molar-refractivity contribution in [2.45, 2.75) is 37.9 Å². The Morgan fingerprint density at radius 2 is 2.06 bits per heavy atom. The fourth-order valence-corrected chi connectivity index (χ4v) is 3.66. The van der Waals surface area contributed by atoms with Crippen LogP contribution < -0.4 is 5.73 Å². The van der Waals surface area contributed by atoms with Crippen molar-refractivity contribution >= 4 is 21.5 Å². The van der Waals surface area contributed by atoms with Crippen LogP contribution in [0.4, 0.5) is 0 Å². The maximum Gasteiger partial charge on any atom is 0.217 e. The van der Waals surface area contributed by atoms with E-state index in [1.165, 1.54) is 6.08 Å². The van der Waals surface area contributed by atoms with Crippen LogP contribution in [0.5, 0.6) is 0 Å². The Balaban J connectivity index is 2.83. The molecule has 0 bridgehead atoms. The Hall–Kier alpha value is -1.17. The molecule has 0 radical (unpaired) electrons. The predicted octanol–water partition coefficient (Wildman–Crippen LogP) is 0.345. The van der Waals surface area contributed by atoms with Crippen LogP contribution in [0, 0.1) is 0 Å². The van der Waals surface area contributed by atoms with Gasteiger partial charge in [0.15, 0.2) is 15.6 Å². The molecule has 1 aliphatic heterocycles. The molecule has 0 aromatic rings. The van der Waals surface area contributed by atoms with Gasteiger partial charge in [-0.05, 0) is 12.8 Å².